The molecule has 3 rings (SSSR count). The molecule has 1 amide bonds. The Bertz CT molecular complexity index is 1070. The second-order valence-corrected chi connectivity index (χ2v) is 10.2. The fraction of sp³-hybridized carbons (Fsp3) is 0.462. The number of aromatic carboxylic acids is 1. The molecule has 1 aliphatic heterocycles. The van der Waals surface area contributed by atoms with Gasteiger partial charge in [-0.1, -0.05) is 46.8 Å². The number of aliphatic hydroxyl groups excluding tert-OH is 1. The molecule has 7 nitrogen and oxygen atoms in total. The molecule has 0 saturated carbocycles. The van der Waals surface area contributed by atoms with Crippen LogP contribution in [0, 0.1) is 5.92 Å². The Labute approximate surface area is 195 Å². The zero-order chi connectivity index (χ0) is 24.7. The van der Waals surface area contributed by atoms with Crippen molar-refractivity contribution in [1.29, 1.82) is 0 Å². The molecule has 1 heterocycles. The van der Waals surface area contributed by atoms with Crippen LogP contribution < -0.4 is 15.4 Å². The van der Waals surface area contributed by atoms with E-state index in [0.29, 0.717) is 29.0 Å². The molecule has 0 fully saturated rings. The smallest absolute Gasteiger partial charge is 0.336 e. The van der Waals surface area contributed by atoms with Gasteiger partial charge in [-0.25, -0.2) is 4.79 Å². The Morgan fingerprint density at radius 3 is 2.39 bits per heavy atom. The summed E-state index contributed by atoms with van der Waals surface area (Å²) < 4.78 is 5.59. The first-order valence-corrected chi connectivity index (χ1v) is 11.2. The molecule has 0 bridgehead atoms. The molecule has 2 atom stereocenters. The fourth-order valence-electron chi connectivity index (χ4n) is 4.91. The number of nitrogens with zero attached hydrogens (tertiary/aromatic N) is 1. The summed E-state index contributed by atoms with van der Waals surface area (Å²) >= 11 is 0. The van der Waals surface area contributed by atoms with E-state index in [2.05, 4.69) is 20.8 Å². The van der Waals surface area contributed by atoms with Crippen molar-refractivity contribution < 1.29 is 24.5 Å². The molecule has 0 aromatic heterocycles. The number of aliphatic hydroxyl groups is 1. The molecule has 0 radical (unpaired) electrons. The predicted octanol–water partition coefficient (Wildman–Crippen LogP) is 3.96. The molecule has 33 heavy (non-hydrogen) atoms. The molecule has 0 aliphatic carbocycles. The van der Waals surface area contributed by atoms with Gasteiger partial charge in [-0.3, -0.25) is 9.69 Å². The lowest BCUT2D eigenvalue weighted by Crippen LogP contribution is -2.61. The normalized spacial score (nSPS) is 18.9. The maximum atomic E-state index is 14.0. The van der Waals surface area contributed by atoms with Crippen molar-refractivity contribution in [3.8, 4) is 5.75 Å². The van der Waals surface area contributed by atoms with Gasteiger partial charge < -0.3 is 20.7 Å². The Morgan fingerprint density at radius 2 is 1.88 bits per heavy atom. The molecule has 2 aromatic carbocycles. The number of hydrogen-bond acceptors (Lipinski definition) is 5. The SMILES string of the molecule is COc1cc(C(=O)N2c3cccc(C(=O)O)c3CC2(CC(C)C)C(N)O)ccc1C(C)(C)C. The number of anilines is 1. The first-order chi connectivity index (χ1) is 15.3. The number of carbonyl (C=O) groups excluding carboxylic acids is 1. The summed E-state index contributed by atoms with van der Waals surface area (Å²) in [4.78, 5) is 27.4. The van der Waals surface area contributed by atoms with E-state index < -0.39 is 17.7 Å². The second kappa shape index (κ2) is 8.80. The van der Waals surface area contributed by atoms with Crippen molar-refractivity contribution in [2.45, 2.75) is 64.6 Å². The first kappa shape index (κ1) is 24.7. The van der Waals surface area contributed by atoms with E-state index in [4.69, 9.17) is 10.5 Å². The van der Waals surface area contributed by atoms with Gasteiger partial charge in [0.25, 0.3) is 5.91 Å². The summed E-state index contributed by atoms with van der Waals surface area (Å²) in [5.74, 6) is -0.754. The summed E-state index contributed by atoms with van der Waals surface area (Å²) in [7, 11) is 1.57. The lowest BCUT2D eigenvalue weighted by Gasteiger charge is -2.42. The summed E-state index contributed by atoms with van der Waals surface area (Å²) in [6.45, 7) is 10.2. The Hall–Kier alpha value is -2.90. The number of fused-ring (bicyclic) bond motifs is 1. The minimum atomic E-state index is -1.37. The van der Waals surface area contributed by atoms with Gasteiger partial charge in [0, 0.05) is 17.7 Å². The topological polar surface area (TPSA) is 113 Å². The number of benzene rings is 2. The molecule has 0 saturated heterocycles. The van der Waals surface area contributed by atoms with Gasteiger partial charge in [0.15, 0.2) is 0 Å². The minimum absolute atomic E-state index is 0.0962. The monoisotopic (exact) mass is 454 g/mol. The van der Waals surface area contributed by atoms with Gasteiger partial charge in [-0.2, -0.15) is 0 Å². The largest absolute Gasteiger partial charge is 0.496 e. The van der Waals surface area contributed by atoms with Gasteiger partial charge in [-0.15, -0.1) is 0 Å². The van der Waals surface area contributed by atoms with Crippen LogP contribution in [0.2, 0.25) is 0 Å². The standard InChI is InChI=1S/C26H34N2O5/c1-15(2)13-26(24(27)32)14-18-17(23(30)31)8-7-9-20(18)28(26)22(29)16-10-11-19(25(3,4)5)21(12-16)33-6/h7-12,15,24,32H,13-14,27H2,1-6H3,(H,30,31). The highest BCUT2D eigenvalue weighted by molar-refractivity contribution is 6.10. The molecule has 4 N–H and O–H groups in total. The molecule has 2 unspecified atom stereocenters. The Kier molecular flexibility index (Phi) is 6.60. The molecular formula is C26H34N2O5. The highest BCUT2D eigenvalue weighted by Gasteiger charge is 2.52. The Morgan fingerprint density at radius 1 is 1.21 bits per heavy atom. The van der Waals surface area contributed by atoms with Gasteiger partial charge in [0.05, 0.1) is 18.2 Å². The number of rotatable bonds is 6. The van der Waals surface area contributed by atoms with E-state index in [-0.39, 0.29) is 29.2 Å². The number of ether oxygens (including phenoxy) is 1. The molecule has 0 spiro atoms. The van der Waals surface area contributed by atoms with Gasteiger partial charge in [0.1, 0.15) is 12.0 Å². The van der Waals surface area contributed by atoms with Crippen LogP contribution in [0.4, 0.5) is 5.69 Å². The summed E-state index contributed by atoms with van der Waals surface area (Å²) in [5.41, 5.74) is 7.18. The van der Waals surface area contributed by atoms with Crippen molar-refractivity contribution in [1.82, 2.24) is 0 Å². The lowest BCUT2D eigenvalue weighted by atomic mass is 9.82. The van der Waals surface area contributed by atoms with Crippen LogP contribution in [0.15, 0.2) is 36.4 Å². The highest BCUT2D eigenvalue weighted by atomic mass is 16.5. The van der Waals surface area contributed by atoms with E-state index in [9.17, 15) is 19.8 Å². The number of carbonyl (C=O) groups is 2. The van der Waals surface area contributed by atoms with E-state index in [1.165, 1.54) is 11.0 Å². The van der Waals surface area contributed by atoms with E-state index in [0.717, 1.165) is 5.56 Å². The molecule has 7 heteroatoms. The van der Waals surface area contributed by atoms with Crippen molar-refractivity contribution >= 4 is 17.6 Å². The maximum absolute atomic E-state index is 14.0. The summed E-state index contributed by atoms with van der Waals surface area (Å²) in [6, 6.07) is 10.2. The van der Waals surface area contributed by atoms with Crippen molar-refractivity contribution in [2.24, 2.45) is 11.7 Å². The predicted molar refractivity (Wildman–Crippen MR) is 128 cm³/mol. The average molecular weight is 455 g/mol. The van der Waals surface area contributed by atoms with Crippen molar-refractivity contribution in [2.75, 3.05) is 12.0 Å². The van der Waals surface area contributed by atoms with Gasteiger partial charge in [0.2, 0.25) is 0 Å². The number of carboxylic acids is 1. The van der Waals surface area contributed by atoms with Crippen LogP contribution >= 0.6 is 0 Å². The lowest BCUT2D eigenvalue weighted by molar-refractivity contribution is 0.0630. The van der Waals surface area contributed by atoms with Gasteiger partial charge in [-0.05, 0) is 53.1 Å². The zero-order valence-corrected chi connectivity index (χ0v) is 20.2. The van der Waals surface area contributed by atoms with Crippen molar-refractivity contribution in [3.05, 3.63) is 58.7 Å². The molecule has 178 valence electrons. The van der Waals surface area contributed by atoms with E-state index in [1.807, 2.05) is 19.9 Å². The van der Waals surface area contributed by atoms with Crippen LogP contribution in [-0.4, -0.2) is 41.0 Å². The maximum Gasteiger partial charge on any atom is 0.336 e. The van der Waals surface area contributed by atoms with E-state index >= 15 is 0 Å². The third-order valence-electron chi connectivity index (χ3n) is 6.32. The van der Waals surface area contributed by atoms with E-state index in [1.54, 1.807) is 31.4 Å². The third-order valence-corrected chi connectivity index (χ3v) is 6.32. The van der Waals surface area contributed by atoms with Gasteiger partial charge >= 0.3 is 5.97 Å². The van der Waals surface area contributed by atoms with Crippen LogP contribution in [0.3, 0.4) is 0 Å². The number of methoxy groups -OCH3 is 1. The fourth-order valence-corrected chi connectivity index (χ4v) is 4.91. The van der Waals surface area contributed by atoms with Crippen LogP contribution in [0.25, 0.3) is 0 Å². The third kappa shape index (κ3) is 4.35. The first-order valence-electron chi connectivity index (χ1n) is 11.2. The number of amides is 1. The molecule has 2 aromatic rings. The zero-order valence-electron chi connectivity index (χ0n) is 20.2. The van der Waals surface area contributed by atoms with Crippen LogP contribution in [0.5, 0.6) is 5.75 Å². The Balaban J connectivity index is 2.22. The molecular weight excluding hydrogens is 420 g/mol. The van der Waals surface area contributed by atoms with Crippen LogP contribution in [0.1, 0.15) is 72.9 Å². The second-order valence-electron chi connectivity index (χ2n) is 10.2. The summed E-state index contributed by atoms with van der Waals surface area (Å²) in [5, 5.41) is 20.5. The van der Waals surface area contributed by atoms with Crippen LogP contribution in [-0.2, 0) is 11.8 Å². The molecule has 1 aliphatic rings. The number of carboxylic acid groups (broad SMARTS) is 1. The quantitative estimate of drug-likeness (QED) is 0.570. The highest BCUT2D eigenvalue weighted by Crippen LogP contribution is 2.46. The number of hydrogen-bond donors (Lipinski definition) is 3. The van der Waals surface area contributed by atoms with Crippen molar-refractivity contribution in [3.63, 3.8) is 0 Å². The average Bonchev–Trinajstić information content (AvgIpc) is 3.06. The number of nitrogens with two attached hydrogens (primary N) is 1. The minimum Gasteiger partial charge on any atom is -0.496 e. The summed E-state index contributed by atoms with van der Waals surface area (Å²) in [6.07, 6.45) is -0.807.